The Labute approximate surface area is 196 Å². The van der Waals surface area contributed by atoms with E-state index < -0.39 is 16.1 Å². The monoisotopic (exact) mass is 481 g/mol. The molecule has 174 valence electrons. The minimum atomic E-state index is -3.73. The minimum absolute atomic E-state index is 0.0795. The van der Waals surface area contributed by atoms with Gasteiger partial charge < -0.3 is 4.84 Å². The van der Waals surface area contributed by atoms with Gasteiger partial charge in [-0.3, -0.25) is 0 Å². The van der Waals surface area contributed by atoms with Crippen LogP contribution >= 0.6 is 0 Å². The summed E-state index contributed by atoms with van der Waals surface area (Å²) < 4.78 is 54.0. The molecule has 0 aliphatic carbocycles. The molecule has 6 nitrogen and oxygen atoms in total. The number of nitriles is 1. The molecule has 1 saturated heterocycles. The maximum absolute atomic E-state index is 13.4. The van der Waals surface area contributed by atoms with Gasteiger partial charge in [-0.25, -0.2) is 17.2 Å². The first kappa shape index (κ1) is 23.5. The Morgan fingerprint density at radius 2 is 1.47 bits per heavy atom. The van der Waals surface area contributed by atoms with Crippen molar-refractivity contribution < 1.29 is 22.0 Å². The average molecular weight is 482 g/mol. The molecule has 4 rings (SSSR count). The van der Waals surface area contributed by atoms with E-state index in [2.05, 4.69) is 5.16 Å². The van der Waals surface area contributed by atoms with E-state index in [1.807, 2.05) is 6.07 Å². The zero-order valence-corrected chi connectivity index (χ0v) is 18.9. The average Bonchev–Trinajstić information content (AvgIpc) is 2.86. The molecule has 0 N–H and O–H groups in total. The summed E-state index contributed by atoms with van der Waals surface area (Å²) in [7, 11) is -3.73. The highest BCUT2D eigenvalue weighted by Gasteiger charge is 2.28. The summed E-state index contributed by atoms with van der Waals surface area (Å²) in [4.78, 5) is 5.89. The van der Waals surface area contributed by atoms with Crippen molar-refractivity contribution in [2.45, 2.75) is 23.8 Å². The second kappa shape index (κ2) is 10.1. The van der Waals surface area contributed by atoms with Gasteiger partial charge in [0, 0.05) is 25.9 Å². The lowest BCUT2D eigenvalue weighted by molar-refractivity contribution is 0.0855. The number of hydrogen-bond acceptors (Lipinski definition) is 5. The van der Waals surface area contributed by atoms with E-state index in [4.69, 9.17) is 10.1 Å². The Kier molecular flexibility index (Phi) is 7.01. The summed E-state index contributed by atoms with van der Waals surface area (Å²) >= 11 is 0. The maximum Gasteiger partial charge on any atom is 0.243 e. The Bertz CT molecular complexity index is 1280. The molecule has 1 aliphatic heterocycles. The third-order valence-electron chi connectivity index (χ3n) is 5.53. The highest BCUT2D eigenvalue weighted by molar-refractivity contribution is 7.89. The molecule has 0 bridgehead atoms. The summed E-state index contributed by atoms with van der Waals surface area (Å²) in [6, 6.07) is 19.4. The van der Waals surface area contributed by atoms with Crippen molar-refractivity contribution in [1.29, 1.82) is 5.26 Å². The maximum atomic E-state index is 13.4. The SMILES string of the molecule is N#Cc1cccc(S(=O)(=O)N2CCC(=NOC(c3ccc(F)cc3)c3ccc(F)cc3)CC2)c1. The highest BCUT2D eigenvalue weighted by Crippen LogP contribution is 2.28. The molecule has 1 aliphatic rings. The van der Waals surface area contributed by atoms with Crippen LogP contribution in [-0.2, 0) is 14.9 Å². The molecule has 0 unspecified atom stereocenters. The third kappa shape index (κ3) is 5.30. The Balaban J connectivity index is 1.48. The van der Waals surface area contributed by atoms with E-state index in [0.29, 0.717) is 29.7 Å². The first-order valence-corrected chi connectivity index (χ1v) is 12.0. The summed E-state index contributed by atoms with van der Waals surface area (Å²) in [5.74, 6) is -0.774. The Hall–Kier alpha value is -3.61. The van der Waals surface area contributed by atoms with E-state index in [-0.39, 0.29) is 35.2 Å². The van der Waals surface area contributed by atoms with E-state index in [1.54, 1.807) is 36.4 Å². The molecule has 0 saturated carbocycles. The zero-order chi connectivity index (χ0) is 24.1. The van der Waals surface area contributed by atoms with E-state index in [9.17, 15) is 17.2 Å². The first-order valence-electron chi connectivity index (χ1n) is 10.6. The predicted molar refractivity (Wildman–Crippen MR) is 122 cm³/mol. The number of halogens is 2. The van der Waals surface area contributed by atoms with Crippen LogP contribution in [-0.4, -0.2) is 31.5 Å². The number of nitrogens with zero attached hydrogens (tertiary/aromatic N) is 3. The van der Waals surface area contributed by atoms with Gasteiger partial charge in [-0.1, -0.05) is 35.5 Å². The standard InChI is InChI=1S/C25H21F2N3O3S/c26-21-8-4-19(5-9-21)25(20-6-10-22(27)11-7-20)33-29-23-12-14-30(15-13-23)34(31,32)24-3-1-2-18(16-24)17-28/h1-11,16,25H,12-15H2. The first-order chi connectivity index (χ1) is 16.4. The van der Waals surface area contributed by atoms with Crippen molar-refractivity contribution in [2.75, 3.05) is 13.1 Å². The number of piperidine rings is 1. The summed E-state index contributed by atoms with van der Waals surface area (Å²) in [5, 5.41) is 13.3. The van der Waals surface area contributed by atoms with Crippen molar-refractivity contribution in [3.05, 3.63) is 101 Å². The van der Waals surface area contributed by atoms with Crippen LogP contribution in [0.5, 0.6) is 0 Å². The lowest BCUT2D eigenvalue weighted by atomic mass is 10.0. The van der Waals surface area contributed by atoms with Crippen LogP contribution in [0.2, 0.25) is 0 Å². The van der Waals surface area contributed by atoms with Crippen molar-refractivity contribution in [2.24, 2.45) is 5.16 Å². The summed E-state index contributed by atoms with van der Waals surface area (Å²) in [6.07, 6.45) is 0.0668. The van der Waals surface area contributed by atoms with Gasteiger partial charge in [0.05, 0.1) is 22.2 Å². The molecule has 0 atom stereocenters. The molecule has 9 heteroatoms. The zero-order valence-electron chi connectivity index (χ0n) is 18.1. The minimum Gasteiger partial charge on any atom is -0.383 e. The second-order valence-corrected chi connectivity index (χ2v) is 9.73. The molecule has 1 fully saturated rings. The van der Waals surface area contributed by atoms with E-state index in [1.165, 1.54) is 40.7 Å². The molecule has 0 aromatic heterocycles. The van der Waals surface area contributed by atoms with E-state index in [0.717, 1.165) is 0 Å². The lowest BCUT2D eigenvalue weighted by Crippen LogP contribution is -2.38. The molecular weight excluding hydrogens is 460 g/mol. The van der Waals surface area contributed by atoms with E-state index >= 15 is 0 Å². The van der Waals surface area contributed by atoms with Crippen LogP contribution in [0.3, 0.4) is 0 Å². The number of rotatable bonds is 6. The van der Waals surface area contributed by atoms with Gasteiger partial charge >= 0.3 is 0 Å². The smallest absolute Gasteiger partial charge is 0.243 e. The van der Waals surface area contributed by atoms with Crippen molar-refractivity contribution in [3.63, 3.8) is 0 Å². The largest absolute Gasteiger partial charge is 0.383 e. The van der Waals surface area contributed by atoms with Gasteiger partial charge in [-0.2, -0.15) is 9.57 Å². The fourth-order valence-electron chi connectivity index (χ4n) is 3.67. The molecule has 3 aromatic carbocycles. The van der Waals surface area contributed by atoms with Gasteiger partial charge in [-0.05, 0) is 53.6 Å². The van der Waals surface area contributed by atoms with Gasteiger partial charge in [0.2, 0.25) is 10.0 Å². The summed E-state index contributed by atoms with van der Waals surface area (Å²) in [6.45, 7) is 0.443. The van der Waals surface area contributed by atoms with Crippen molar-refractivity contribution >= 4 is 15.7 Å². The molecule has 0 radical (unpaired) electrons. The number of oxime groups is 1. The quantitative estimate of drug-likeness (QED) is 0.475. The normalized spacial score (nSPS) is 14.6. The molecule has 3 aromatic rings. The van der Waals surface area contributed by atoms with Gasteiger partial charge in [0.1, 0.15) is 11.6 Å². The van der Waals surface area contributed by atoms with Gasteiger partial charge in [0.15, 0.2) is 6.10 Å². The fraction of sp³-hybridized carbons (Fsp3) is 0.200. The molecule has 34 heavy (non-hydrogen) atoms. The van der Waals surface area contributed by atoms with Crippen molar-refractivity contribution in [1.82, 2.24) is 4.31 Å². The highest BCUT2D eigenvalue weighted by atomic mass is 32.2. The van der Waals surface area contributed by atoms with Crippen LogP contribution < -0.4 is 0 Å². The number of benzene rings is 3. The fourth-order valence-corrected chi connectivity index (χ4v) is 5.16. The topological polar surface area (TPSA) is 82.8 Å². The lowest BCUT2D eigenvalue weighted by Gasteiger charge is -2.27. The number of sulfonamides is 1. The van der Waals surface area contributed by atoms with Crippen LogP contribution in [0.4, 0.5) is 8.78 Å². The molecule has 0 amide bonds. The van der Waals surface area contributed by atoms with Crippen LogP contribution in [0.25, 0.3) is 0 Å². The Morgan fingerprint density at radius 1 is 0.912 bits per heavy atom. The van der Waals surface area contributed by atoms with Gasteiger partial charge in [-0.15, -0.1) is 0 Å². The molecule has 0 spiro atoms. The molecular formula is C25H21F2N3O3S. The third-order valence-corrected chi connectivity index (χ3v) is 7.43. The van der Waals surface area contributed by atoms with Crippen LogP contribution in [0.15, 0.2) is 82.8 Å². The van der Waals surface area contributed by atoms with Crippen LogP contribution in [0, 0.1) is 23.0 Å². The number of hydrogen-bond donors (Lipinski definition) is 0. The van der Waals surface area contributed by atoms with Gasteiger partial charge in [0.25, 0.3) is 0 Å². The summed E-state index contributed by atoms with van der Waals surface area (Å²) in [5.41, 5.74) is 2.26. The Morgan fingerprint density at radius 3 is 2.00 bits per heavy atom. The second-order valence-electron chi connectivity index (χ2n) is 7.79. The van der Waals surface area contributed by atoms with Crippen molar-refractivity contribution in [3.8, 4) is 6.07 Å². The molecule has 1 heterocycles. The predicted octanol–water partition coefficient (Wildman–Crippen LogP) is 4.78. The van der Waals surface area contributed by atoms with Crippen LogP contribution in [0.1, 0.15) is 35.6 Å².